The first-order valence-electron chi connectivity index (χ1n) is 5.37. The second-order valence-electron chi connectivity index (χ2n) is 3.70. The Balaban J connectivity index is 1.91. The zero-order chi connectivity index (χ0) is 13.8. The first kappa shape index (κ1) is 13.1. The number of amides is 1. The fraction of sp³-hybridized carbons (Fsp3) is 0.300. The van der Waals surface area contributed by atoms with Gasteiger partial charge in [0, 0.05) is 5.38 Å². The number of carbonyl (C=O) groups excluding carboxylic acids is 1. The number of hydrogen-bond donors (Lipinski definition) is 2. The first-order chi connectivity index (χ1) is 9.08. The van der Waals surface area contributed by atoms with Gasteiger partial charge >= 0.3 is 5.97 Å². The summed E-state index contributed by atoms with van der Waals surface area (Å²) in [6.07, 6.45) is 2.81. The van der Waals surface area contributed by atoms with Gasteiger partial charge in [-0.3, -0.25) is 4.79 Å². The second kappa shape index (κ2) is 5.57. The van der Waals surface area contributed by atoms with Crippen LogP contribution in [-0.2, 0) is 11.3 Å². The zero-order valence-electron chi connectivity index (χ0n) is 9.98. The first-order valence-corrected chi connectivity index (χ1v) is 6.25. The van der Waals surface area contributed by atoms with Crippen molar-refractivity contribution in [1.29, 1.82) is 0 Å². The van der Waals surface area contributed by atoms with Crippen molar-refractivity contribution in [3.63, 3.8) is 0 Å². The smallest absolute Gasteiger partial charge is 0.355 e. The Morgan fingerprint density at radius 3 is 2.95 bits per heavy atom. The van der Waals surface area contributed by atoms with E-state index >= 15 is 0 Å². The number of hydrogen-bond acceptors (Lipinski definition) is 6. The molecule has 0 radical (unpaired) electrons. The number of carbonyl (C=O) groups is 2. The molecular formula is C10H11N5O3S. The summed E-state index contributed by atoms with van der Waals surface area (Å²) in [5, 5.41) is 17.2. The monoisotopic (exact) mass is 281 g/mol. The summed E-state index contributed by atoms with van der Waals surface area (Å²) in [4.78, 5) is 30.1. The Morgan fingerprint density at radius 2 is 2.37 bits per heavy atom. The summed E-state index contributed by atoms with van der Waals surface area (Å²) in [5.74, 6) is -1.32. The van der Waals surface area contributed by atoms with E-state index < -0.39 is 12.0 Å². The Bertz CT molecular complexity index is 580. The summed E-state index contributed by atoms with van der Waals surface area (Å²) in [5.41, 5.74) is -0.0152. The van der Waals surface area contributed by atoms with Gasteiger partial charge in [-0.15, -0.1) is 11.3 Å². The fourth-order valence-corrected chi connectivity index (χ4v) is 2.05. The van der Waals surface area contributed by atoms with Crippen molar-refractivity contribution < 1.29 is 14.7 Å². The Morgan fingerprint density at radius 1 is 1.58 bits per heavy atom. The minimum absolute atomic E-state index is 0.0152. The second-order valence-corrected chi connectivity index (χ2v) is 4.64. The highest BCUT2D eigenvalue weighted by Gasteiger charge is 2.16. The summed E-state index contributed by atoms with van der Waals surface area (Å²) in [6, 6.07) is -0.485. The van der Waals surface area contributed by atoms with Crippen LogP contribution in [0, 0.1) is 0 Å². The average molecular weight is 281 g/mol. The number of nitrogens with one attached hydrogen (secondary N) is 1. The van der Waals surface area contributed by atoms with E-state index in [4.69, 9.17) is 5.11 Å². The molecule has 1 atom stereocenters. The SMILES string of the molecule is CC(C(=O)NCc1nc(C(=O)O)cs1)n1cncn1. The normalized spacial score (nSPS) is 12.1. The molecule has 9 heteroatoms. The van der Waals surface area contributed by atoms with Gasteiger partial charge in [0.05, 0.1) is 6.54 Å². The molecule has 0 bridgehead atoms. The zero-order valence-corrected chi connectivity index (χ0v) is 10.8. The third-order valence-electron chi connectivity index (χ3n) is 2.40. The van der Waals surface area contributed by atoms with Crippen molar-refractivity contribution in [2.75, 3.05) is 0 Å². The molecule has 1 unspecified atom stereocenters. The molecule has 1 amide bonds. The molecular weight excluding hydrogens is 270 g/mol. The minimum atomic E-state index is -1.08. The molecule has 2 aromatic heterocycles. The van der Waals surface area contributed by atoms with E-state index in [9.17, 15) is 9.59 Å². The molecule has 0 aliphatic rings. The van der Waals surface area contributed by atoms with Crippen molar-refractivity contribution >= 4 is 23.2 Å². The van der Waals surface area contributed by atoms with Gasteiger partial charge in [0.15, 0.2) is 5.69 Å². The van der Waals surface area contributed by atoms with E-state index in [0.717, 1.165) is 0 Å². The van der Waals surface area contributed by atoms with Gasteiger partial charge in [0.1, 0.15) is 23.7 Å². The van der Waals surface area contributed by atoms with E-state index in [0.29, 0.717) is 5.01 Å². The van der Waals surface area contributed by atoms with Gasteiger partial charge in [-0.05, 0) is 6.92 Å². The van der Waals surface area contributed by atoms with Crippen LogP contribution >= 0.6 is 11.3 Å². The fourth-order valence-electron chi connectivity index (χ4n) is 1.34. The van der Waals surface area contributed by atoms with Crippen LogP contribution in [0.5, 0.6) is 0 Å². The summed E-state index contributed by atoms with van der Waals surface area (Å²) < 4.78 is 1.43. The quantitative estimate of drug-likeness (QED) is 0.816. The van der Waals surface area contributed by atoms with Crippen molar-refractivity contribution in [2.45, 2.75) is 19.5 Å². The third-order valence-corrected chi connectivity index (χ3v) is 3.25. The van der Waals surface area contributed by atoms with Gasteiger partial charge in [-0.25, -0.2) is 19.4 Å². The van der Waals surface area contributed by atoms with E-state index in [1.807, 2.05) is 0 Å². The molecule has 0 aliphatic heterocycles. The van der Waals surface area contributed by atoms with Crippen LogP contribution in [0.3, 0.4) is 0 Å². The third kappa shape index (κ3) is 3.13. The van der Waals surface area contributed by atoms with E-state index in [1.165, 1.54) is 34.1 Å². The molecule has 0 aromatic carbocycles. The highest BCUT2D eigenvalue weighted by Crippen LogP contribution is 2.10. The van der Waals surface area contributed by atoms with Gasteiger partial charge < -0.3 is 10.4 Å². The van der Waals surface area contributed by atoms with Crippen molar-refractivity contribution in [3.8, 4) is 0 Å². The van der Waals surface area contributed by atoms with Crippen LogP contribution in [0.2, 0.25) is 0 Å². The van der Waals surface area contributed by atoms with Gasteiger partial charge in [0.25, 0.3) is 0 Å². The number of nitrogens with zero attached hydrogens (tertiary/aromatic N) is 4. The molecule has 100 valence electrons. The molecule has 2 heterocycles. The lowest BCUT2D eigenvalue weighted by Crippen LogP contribution is -2.30. The predicted molar refractivity (Wildman–Crippen MR) is 65.7 cm³/mol. The molecule has 0 spiro atoms. The molecule has 8 nitrogen and oxygen atoms in total. The largest absolute Gasteiger partial charge is 0.476 e. The lowest BCUT2D eigenvalue weighted by molar-refractivity contribution is -0.124. The van der Waals surface area contributed by atoms with Crippen LogP contribution in [0.1, 0.15) is 28.5 Å². The maximum Gasteiger partial charge on any atom is 0.355 e. The molecule has 0 saturated carbocycles. The molecule has 0 aliphatic carbocycles. The molecule has 2 aromatic rings. The van der Waals surface area contributed by atoms with Crippen molar-refractivity contribution in [3.05, 3.63) is 28.7 Å². The summed E-state index contributed by atoms with van der Waals surface area (Å²) in [6.45, 7) is 1.88. The molecule has 2 rings (SSSR count). The van der Waals surface area contributed by atoms with Gasteiger partial charge in [-0.2, -0.15) is 5.10 Å². The number of thiazole rings is 1. The number of aromatic nitrogens is 4. The number of carboxylic acids is 1. The summed E-state index contributed by atoms with van der Waals surface area (Å²) >= 11 is 1.19. The van der Waals surface area contributed by atoms with E-state index in [2.05, 4.69) is 20.4 Å². The lowest BCUT2D eigenvalue weighted by Gasteiger charge is -2.10. The highest BCUT2D eigenvalue weighted by molar-refractivity contribution is 7.09. The average Bonchev–Trinajstić information content (AvgIpc) is 3.05. The Labute approximate surface area is 112 Å². The summed E-state index contributed by atoms with van der Waals surface area (Å²) in [7, 11) is 0. The molecule has 2 N–H and O–H groups in total. The number of aromatic carboxylic acids is 1. The predicted octanol–water partition coefficient (Wildman–Crippen LogP) is 0.310. The Kier molecular flexibility index (Phi) is 3.85. The van der Waals surface area contributed by atoms with Crippen molar-refractivity contribution in [2.24, 2.45) is 0 Å². The minimum Gasteiger partial charge on any atom is -0.476 e. The van der Waals surface area contributed by atoms with E-state index in [-0.39, 0.29) is 18.1 Å². The maximum absolute atomic E-state index is 11.8. The number of carboxylic acid groups (broad SMARTS) is 1. The van der Waals surface area contributed by atoms with Crippen molar-refractivity contribution in [1.82, 2.24) is 25.1 Å². The van der Waals surface area contributed by atoms with Crippen LogP contribution < -0.4 is 5.32 Å². The van der Waals surface area contributed by atoms with E-state index in [1.54, 1.807) is 6.92 Å². The van der Waals surface area contributed by atoms with Gasteiger partial charge in [0.2, 0.25) is 5.91 Å². The maximum atomic E-state index is 11.8. The van der Waals surface area contributed by atoms with Crippen LogP contribution in [0.4, 0.5) is 0 Å². The molecule has 0 saturated heterocycles. The topological polar surface area (TPSA) is 110 Å². The van der Waals surface area contributed by atoms with Crippen LogP contribution in [0.25, 0.3) is 0 Å². The van der Waals surface area contributed by atoms with Gasteiger partial charge in [-0.1, -0.05) is 0 Å². The number of rotatable bonds is 5. The highest BCUT2D eigenvalue weighted by atomic mass is 32.1. The van der Waals surface area contributed by atoms with Crippen LogP contribution in [-0.4, -0.2) is 36.7 Å². The lowest BCUT2D eigenvalue weighted by atomic mass is 10.3. The molecule has 0 fully saturated rings. The molecule has 19 heavy (non-hydrogen) atoms. The van der Waals surface area contributed by atoms with Crippen LogP contribution in [0.15, 0.2) is 18.0 Å². The Hall–Kier alpha value is -2.29. The standard InChI is InChI=1S/C10H11N5O3S/c1-6(15-5-11-4-13-15)9(16)12-2-8-14-7(3-19-8)10(17)18/h3-6H,2H2,1H3,(H,12,16)(H,17,18).